The van der Waals surface area contributed by atoms with Gasteiger partial charge in [-0.25, -0.2) is 4.98 Å². The Morgan fingerprint density at radius 1 is 1.42 bits per heavy atom. The minimum Gasteiger partial charge on any atom is -0.487 e. The third-order valence-corrected chi connectivity index (χ3v) is 3.74. The standard InChI is InChI=1S/C14H14N2O2S/c1-10-3-2-4-11(8-17)13(10)18-9-12-7-16-5-6-19-14(16)15-12/h2-7,17H,8-9H2,1H3. The lowest BCUT2D eigenvalue weighted by Crippen LogP contribution is -2.00. The maximum Gasteiger partial charge on any atom is 0.193 e. The number of hydrogen-bond acceptors (Lipinski definition) is 4. The average Bonchev–Trinajstić information content (AvgIpc) is 2.97. The van der Waals surface area contributed by atoms with Crippen molar-refractivity contribution in [3.8, 4) is 5.75 Å². The molecule has 1 aromatic carbocycles. The number of hydrogen-bond donors (Lipinski definition) is 1. The molecule has 3 aromatic rings. The van der Waals surface area contributed by atoms with Crippen LogP contribution in [-0.2, 0) is 13.2 Å². The topological polar surface area (TPSA) is 46.8 Å². The highest BCUT2D eigenvalue weighted by Gasteiger charge is 2.08. The van der Waals surface area contributed by atoms with E-state index in [-0.39, 0.29) is 6.61 Å². The molecule has 0 unspecified atom stereocenters. The molecule has 3 rings (SSSR count). The van der Waals surface area contributed by atoms with Crippen LogP contribution in [0.3, 0.4) is 0 Å². The molecule has 0 atom stereocenters. The number of nitrogens with zero attached hydrogens (tertiary/aromatic N) is 2. The lowest BCUT2D eigenvalue weighted by Gasteiger charge is -2.11. The lowest BCUT2D eigenvalue weighted by molar-refractivity contribution is 0.256. The van der Waals surface area contributed by atoms with Crippen LogP contribution in [0, 0.1) is 6.92 Å². The minimum atomic E-state index is -0.0186. The number of aromatic nitrogens is 2. The molecule has 5 heteroatoms. The fourth-order valence-electron chi connectivity index (χ4n) is 2.04. The third-order valence-electron chi connectivity index (χ3n) is 2.97. The Hall–Kier alpha value is -1.85. The summed E-state index contributed by atoms with van der Waals surface area (Å²) in [5.74, 6) is 0.751. The van der Waals surface area contributed by atoms with Crippen LogP contribution in [0.5, 0.6) is 5.75 Å². The molecule has 98 valence electrons. The Labute approximate surface area is 114 Å². The fraction of sp³-hybridized carbons (Fsp3) is 0.214. The highest BCUT2D eigenvalue weighted by atomic mass is 32.1. The van der Waals surface area contributed by atoms with Crippen molar-refractivity contribution < 1.29 is 9.84 Å². The van der Waals surface area contributed by atoms with Gasteiger partial charge in [-0.1, -0.05) is 18.2 Å². The lowest BCUT2D eigenvalue weighted by atomic mass is 10.1. The number of ether oxygens (including phenoxy) is 1. The van der Waals surface area contributed by atoms with Gasteiger partial charge in [0.1, 0.15) is 12.4 Å². The van der Waals surface area contributed by atoms with Crippen LogP contribution in [0.15, 0.2) is 36.0 Å². The predicted molar refractivity (Wildman–Crippen MR) is 74.5 cm³/mol. The van der Waals surface area contributed by atoms with Crippen molar-refractivity contribution >= 4 is 16.3 Å². The molecule has 0 amide bonds. The van der Waals surface area contributed by atoms with Crippen LogP contribution < -0.4 is 4.74 Å². The van der Waals surface area contributed by atoms with E-state index in [9.17, 15) is 5.11 Å². The Balaban J connectivity index is 1.80. The fourth-order valence-corrected chi connectivity index (χ4v) is 2.75. The first-order valence-corrected chi connectivity index (χ1v) is 6.89. The van der Waals surface area contributed by atoms with Crippen LogP contribution in [0.1, 0.15) is 16.8 Å². The number of aliphatic hydroxyl groups excluding tert-OH is 1. The second kappa shape index (κ2) is 5.03. The number of thiazole rings is 1. The Morgan fingerprint density at radius 2 is 2.32 bits per heavy atom. The van der Waals surface area contributed by atoms with Crippen LogP contribution in [0.25, 0.3) is 4.96 Å². The number of aryl methyl sites for hydroxylation is 1. The molecule has 1 N–H and O–H groups in total. The molecule has 0 saturated carbocycles. The van der Waals surface area contributed by atoms with Crippen molar-refractivity contribution in [3.05, 3.63) is 52.8 Å². The van der Waals surface area contributed by atoms with Gasteiger partial charge in [0.25, 0.3) is 0 Å². The van der Waals surface area contributed by atoms with Gasteiger partial charge in [0.15, 0.2) is 4.96 Å². The van der Waals surface area contributed by atoms with Crippen molar-refractivity contribution in [2.45, 2.75) is 20.1 Å². The quantitative estimate of drug-likeness (QED) is 0.795. The van der Waals surface area contributed by atoms with Crippen molar-refractivity contribution in [1.82, 2.24) is 9.38 Å². The first-order chi connectivity index (χ1) is 9.28. The predicted octanol–water partition coefficient (Wildman–Crippen LogP) is 2.78. The van der Waals surface area contributed by atoms with Gasteiger partial charge in [0.2, 0.25) is 0 Å². The summed E-state index contributed by atoms with van der Waals surface area (Å²) in [4.78, 5) is 5.43. The van der Waals surface area contributed by atoms with E-state index in [1.54, 1.807) is 11.3 Å². The molecule has 0 aliphatic heterocycles. The molecule has 0 spiro atoms. The molecule has 0 aliphatic rings. The monoisotopic (exact) mass is 274 g/mol. The molecular weight excluding hydrogens is 260 g/mol. The van der Waals surface area contributed by atoms with Gasteiger partial charge < -0.3 is 9.84 Å². The SMILES string of the molecule is Cc1cccc(CO)c1OCc1cn2ccsc2n1. The van der Waals surface area contributed by atoms with Crippen LogP contribution in [-0.4, -0.2) is 14.5 Å². The summed E-state index contributed by atoms with van der Waals surface area (Å²) < 4.78 is 7.79. The molecular formula is C14H14N2O2S. The average molecular weight is 274 g/mol. The summed E-state index contributed by atoms with van der Waals surface area (Å²) in [6.45, 7) is 2.36. The zero-order valence-electron chi connectivity index (χ0n) is 10.5. The van der Waals surface area contributed by atoms with E-state index < -0.39 is 0 Å². The molecule has 19 heavy (non-hydrogen) atoms. The summed E-state index contributed by atoms with van der Waals surface area (Å²) in [7, 11) is 0. The van der Waals surface area contributed by atoms with E-state index in [1.807, 2.05) is 47.3 Å². The highest BCUT2D eigenvalue weighted by molar-refractivity contribution is 7.15. The minimum absolute atomic E-state index is 0.0186. The number of imidazole rings is 1. The number of benzene rings is 1. The number of aliphatic hydroxyl groups is 1. The molecule has 4 nitrogen and oxygen atoms in total. The maximum absolute atomic E-state index is 9.32. The molecule has 0 aliphatic carbocycles. The van der Waals surface area contributed by atoms with Crippen LogP contribution in [0.4, 0.5) is 0 Å². The Bertz CT molecular complexity index is 674. The van der Waals surface area contributed by atoms with Gasteiger partial charge in [-0.2, -0.15) is 0 Å². The third kappa shape index (κ3) is 2.34. The first kappa shape index (κ1) is 12.2. The van der Waals surface area contributed by atoms with E-state index in [2.05, 4.69) is 4.98 Å². The molecule has 2 heterocycles. The number of para-hydroxylation sites is 1. The van der Waals surface area contributed by atoms with E-state index in [0.717, 1.165) is 27.5 Å². The molecule has 2 aromatic heterocycles. The Kier molecular flexibility index (Phi) is 3.23. The van der Waals surface area contributed by atoms with Gasteiger partial charge in [0, 0.05) is 23.3 Å². The maximum atomic E-state index is 9.32. The van der Waals surface area contributed by atoms with Crippen molar-refractivity contribution in [2.24, 2.45) is 0 Å². The second-order valence-corrected chi connectivity index (χ2v) is 5.21. The van der Waals surface area contributed by atoms with Gasteiger partial charge in [-0.05, 0) is 12.5 Å². The highest BCUT2D eigenvalue weighted by Crippen LogP contribution is 2.24. The van der Waals surface area contributed by atoms with Gasteiger partial charge >= 0.3 is 0 Å². The normalized spacial score (nSPS) is 11.1. The van der Waals surface area contributed by atoms with E-state index in [1.165, 1.54) is 0 Å². The van der Waals surface area contributed by atoms with E-state index >= 15 is 0 Å². The second-order valence-electron chi connectivity index (χ2n) is 4.34. The van der Waals surface area contributed by atoms with Crippen LogP contribution >= 0.6 is 11.3 Å². The van der Waals surface area contributed by atoms with Crippen molar-refractivity contribution in [2.75, 3.05) is 0 Å². The number of rotatable bonds is 4. The summed E-state index contributed by atoms with van der Waals surface area (Å²) in [5, 5.41) is 11.3. The Morgan fingerprint density at radius 3 is 3.11 bits per heavy atom. The molecule has 0 fully saturated rings. The molecule has 0 bridgehead atoms. The number of fused-ring (bicyclic) bond motifs is 1. The van der Waals surface area contributed by atoms with Gasteiger partial charge in [-0.15, -0.1) is 11.3 Å². The zero-order valence-corrected chi connectivity index (χ0v) is 11.4. The first-order valence-electron chi connectivity index (χ1n) is 6.01. The van der Waals surface area contributed by atoms with Crippen molar-refractivity contribution in [3.63, 3.8) is 0 Å². The van der Waals surface area contributed by atoms with Gasteiger partial charge in [-0.3, -0.25) is 4.40 Å². The summed E-state index contributed by atoms with van der Waals surface area (Å²) in [5.41, 5.74) is 2.72. The van der Waals surface area contributed by atoms with Crippen molar-refractivity contribution in [1.29, 1.82) is 0 Å². The van der Waals surface area contributed by atoms with E-state index in [0.29, 0.717) is 6.61 Å². The largest absolute Gasteiger partial charge is 0.487 e. The van der Waals surface area contributed by atoms with Gasteiger partial charge in [0.05, 0.1) is 12.3 Å². The summed E-state index contributed by atoms with van der Waals surface area (Å²) in [6, 6.07) is 5.76. The van der Waals surface area contributed by atoms with Crippen LogP contribution in [0.2, 0.25) is 0 Å². The smallest absolute Gasteiger partial charge is 0.193 e. The molecule has 0 saturated heterocycles. The molecule has 0 radical (unpaired) electrons. The zero-order chi connectivity index (χ0) is 13.2. The van der Waals surface area contributed by atoms with E-state index in [4.69, 9.17) is 4.74 Å². The summed E-state index contributed by atoms with van der Waals surface area (Å²) >= 11 is 1.60. The summed E-state index contributed by atoms with van der Waals surface area (Å²) in [6.07, 6.45) is 3.94.